The van der Waals surface area contributed by atoms with Crippen molar-refractivity contribution in [3.8, 4) is 5.75 Å². The fourth-order valence-corrected chi connectivity index (χ4v) is 2.94. The van der Waals surface area contributed by atoms with Crippen molar-refractivity contribution < 1.29 is 4.74 Å². The molecule has 138 valence electrons. The van der Waals surface area contributed by atoms with E-state index < -0.39 is 0 Å². The number of nitrogens with one attached hydrogen (secondary N) is 1. The zero-order valence-corrected chi connectivity index (χ0v) is 16.8. The predicted octanol–water partition coefficient (Wildman–Crippen LogP) is 6.98. The van der Waals surface area contributed by atoms with Crippen molar-refractivity contribution >= 4 is 46.7 Å². The molecule has 0 heterocycles. The number of benzene rings is 3. The molecule has 3 rings (SSSR count). The number of anilines is 1. The van der Waals surface area contributed by atoms with E-state index in [0.29, 0.717) is 21.7 Å². The highest BCUT2D eigenvalue weighted by atomic mass is 35.5. The Kier molecular flexibility index (Phi) is 6.62. The van der Waals surface area contributed by atoms with Gasteiger partial charge in [0.05, 0.1) is 11.9 Å². The summed E-state index contributed by atoms with van der Waals surface area (Å²) in [6.07, 6.45) is 1.73. The Hall–Kier alpha value is -2.20. The lowest BCUT2D eigenvalue weighted by Gasteiger charge is -2.08. The van der Waals surface area contributed by atoms with Crippen LogP contribution in [0.3, 0.4) is 0 Å². The molecule has 0 atom stereocenters. The summed E-state index contributed by atoms with van der Waals surface area (Å²) in [5.74, 6) is 0.747. The van der Waals surface area contributed by atoms with Crippen LogP contribution in [0.4, 0.5) is 5.69 Å². The Labute approximate surface area is 173 Å². The molecule has 0 aliphatic heterocycles. The molecule has 0 radical (unpaired) electrons. The van der Waals surface area contributed by atoms with E-state index in [4.69, 9.17) is 39.5 Å². The Morgan fingerprint density at radius 3 is 2.41 bits per heavy atom. The summed E-state index contributed by atoms with van der Waals surface area (Å²) < 4.78 is 5.76. The average molecular weight is 420 g/mol. The summed E-state index contributed by atoms with van der Waals surface area (Å²) in [6, 6.07) is 18.7. The zero-order valence-electron chi connectivity index (χ0n) is 14.5. The maximum atomic E-state index is 6.15. The van der Waals surface area contributed by atoms with Gasteiger partial charge in [-0.1, -0.05) is 46.9 Å². The molecule has 1 N–H and O–H groups in total. The molecule has 0 saturated heterocycles. The number of aryl methyl sites for hydroxylation is 1. The van der Waals surface area contributed by atoms with Crippen molar-refractivity contribution in [3.63, 3.8) is 0 Å². The van der Waals surface area contributed by atoms with Crippen LogP contribution in [0.5, 0.6) is 5.75 Å². The van der Waals surface area contributed by atoms with Crippen LogP contribution in [0, 0.1) is 6.92 Å². The summed E-state index contributed by atoms with van der Waals surface area (Å²) in [5, 5.41) is 6.12. The molecule has 0 aliphatic rings. The number of halogens is 3. The second-order valence-electron chi connectivity index (χ2n) is 5.93. The summed E-state index contributed by atoms with van der Waals surface area (Å²) >= 11 is 18.1. The number of hydrogen-bond acceptors (Lipinski definition) is 3. The largest absolute Gasteiger partial charge is 0.489 e. The minimum atomic E-state index is 0.374. The predicted molar refractivity (Wildman–Crippen MR) is 115 cm³/mol. The number of hydrogen-bond donors (Lipinski definition) is 1. The number of ether oxygens (including phenoxy) is 1. The molecule has 0 bridgehead atoms. The molecule has 0 unspecified atom stereocenters. The van der Waals surface area contributed by atoms with Crippen molar-refractivity contribution in [3.05, 3.63) is 92.4 Å². The van der Waals surface area contributed by atoms with E-state index >= 15 is 0 Å². The van der Waals surface area contributed by atoms with Gasteiger partial charge in [-0.25, -0.2) is 0 Å². The number of rotatable bonds is 6. The van der Waals surface area contributed by atoms with Crippen molar-refractivity contribution in [2.24, 2.45) is 5.10 Å². The molecule has 3 aromatic carbocycles. The second kappa shape index (κ2) is 9.14. The smallest absolute Gasteiger partial charge is 0.119 e. The third-order valence-corrected chi connectivity index (χ3v) is 4.86. The number of hydrazone groups is 1. The SMILES string of the molecule is Cc1ccc(NN=Cc2ccc(OCc3ccc(Cl)cc3Cl)cc2)cc1Cl. The first-order valence-corrected chi connectivity index (χ1v) is 9.37. The maximum Gasteiger partial charge on any atom is 0.119 e. The molecular weight excluding hydrogens is 403 g/mol. The van der Waals surface area contributed by atoms with Gasteiger partial charge < -0.3 is 4.74 Å². The maximum absolute atomic E-state index is 6.15. The lowest BCUT2D eigenvalue weighted by molar-refractivity contribution is 0.306. The van der Waals surface area contributed by atoms with Crippen LogP contribution in [0.2, 0.25) is 15.1 Å². The first-order chi connectivity index (χ1) is 13.0. The van der Waals surface area contributed by atoms with Crippen LogP contribution in [-0.4, -0.2) is 6.21 Å². The van der Waals surface area contributed by atoms with E-state index in [1.54, 1.807) is 18.3 Å². The summed E-state index contributed by atoms with van der Waals surface area (Å²) in [5.41, 5.74) is 6.65. The summed E-state index contributed by atoms with van der Waals surface area (Å²) in [4.78, 5) is 0. The van der Waals surface area contributed by atoms with Crippen LogP contribution in [0.1, 0.15) is 16.7 Å². The first-order valence-electron chi connectivity index (χ1n) is 8.23. The standard InChI is InChI=1S/C21H17Cl3N2O/c1-14-2-7-18(11-20(14)23)26-25-12-15-3-8-19(9-4-15)27-13-16-5-6-17(22)10-21(16)24/h2-12,26H,13H2,1H3. The van der Waals surface area contributed by atoms with Gasteiger partial charge in [0.25, 0.3) is 0 Å². The monoisotopic (exact) mass is 418 g/mol. The molecule has 6 heteroatoms. The summed E-state index contributed by atoms with van der Waals surface area (Å²) in [7, 11) is 0. The zero-order chi connectivity index (χ0) is 19.2. The van der Waals surface area contributed by atoms with Crippen molar-refractivity contribution in [1.29, 1.82) is 0 Å². The molecular formula is C21H17Cl3N2O. The average Bonchev–Trinajstić information content (AvgIpc) is 2.65. The van der Waals surface area contributed by atoms with E-state index in [1.165, 1.54) is 0 Å². The highest BCUT2D eigenvalue weighted by Crippen LogP contribution is 2.23. The fourth-order valence-electron chi connectivity index (χ4n) is 2.29. The quantitative estimate of drug-likeness (QED) is 0.345. The molecule has 27 heavy (non-hydrogen) atoms. The van der Waals surface area contributed by atoms with Crippen LogP contribution >= 0.6 is 34.8 Å². The van der Waals surface area contributed by atoms with Gasteiger partial charge in [0.1, 0.15) is 12.4 Å². The van der Waals surface area contributed by atoms with Gasteiger partial charge in [-0.05, 0) is 66.6 Å². The van der Waals surface area contributed by atoms with Crippen LogP contribution in [0.15, 0.2) is 65.8 Å². The van der Waals surface area contributed by atoms with Gasteiger partial charge >= 0.3 is 0 Å². The van der Waals surface area contributed by atoms with Gasteiger partial charge in [0.2, 0.25) is 0 Å². The molecule has 0 aliphatic carbocycles. The molecule has 3 nitrogen and oxygen atoms in total. The van der Waals surface area contributed by atoms with E-state index in [9.17, 15) is 0 Å². The first kappa shape index (κ1) is 19.6. The van der Waals surface area contributed by atoms with Gasteiger partial charge in [-0.2, -0.15) is 5.10 Å². The van der Waals surface area contributed by atoms with E-state index in [2.05, 4.69) is 10.5 Å². The minimum absolute atomic E-state index is 0.374. The summed E-state index contributed by atoms with van der Waals surface area (Å²) in [6.45, 7) is 2.33. The Balaban J connectivity index is 1.55. The van der Waals surface area contributed by atoms with Crippen LogP contribution in [0.25, 0.3) is 0 Å². The van der Waals surface area contributed by atoms with E-state index in [-0.39, 0.29) is 0 Å². The second-order valence-corrected chi connectivity index (χ2v) is 7.18. The molecule has 0 amide bonds. The highest BCUT2D eigenvalue weighted by molar-refractivity contribution is 6.35. The Morgan fingerprint density at radius 2 is 1.70 bits per heavy atom. The Morgan fingerprint density at radius 1 is 0.926 bits per heavy atom. The lowest BCUT2D eigenvalue weighted by Crippen LogP contribution is -1.96. The third kappa shape index (κ3) is 5.64. The van der Waals surface area contributed by atoms with Gasteiger partial charge in [0.15, 0.2) is 0 Å². The normalized spacial score (nSPS) is 11.0. The van der Waals surface area contributed by atoms with Crippen LogP contribution in [-0.2, 0) is 6.61 Å². The number of nitrogens with zero attached hydrogens (tertiary/aromatic N) is 1. The molecule has 0 spiro atoms. The molecule has 0 saturated carbocycles. The van der Waals surface area contributed by atoms with Crippen molar-refractivity contribution in [1.82, 2.24) is 0 Å². The van der Waals surface area contributed by atoms with Crippen molar-refractivity contribution in [2.45, 2.75) is 13.5 Å². The molecule has 3 aromatic rings. The van der Waals surface area contributed by atoms with E-state index in [0.717, 1.165) is 28.1 Å². The van der Waals surface area contributed by atoms with Crippen LogP contribution < -0.4 is 10.2 Å². The van der Waals surface area contributed by atoms with Gasteiger partial charge in [0, 0.05) is 20.6 Å². The molecule has 0 fully saturated rings. The fraction of sp³-hybridized carbons (Fsp3) is 0.0952. The Bertz CT molecular complexity index is 956. The lowest BCUT2D eigenvalue weighted by atomic mass is 10.2. The minimum Gasteiger partial charge on any atom is -0.489 e. The highest BCUT2D eigenvalue weighted by Gasteiger charge is 2.03. The molecule has 0 aromatic heterocycles. The van der Waals surface area contributed by atoms with Gasteiger partial charge in [-0.3, -0.25) is 5.43 Å². The van der Waals surface area contributed by atoms with Crippen molar-refractivity contribution in [2.75, 3.05) is 5.43 Å². The topological polar surface area (TPSA) is 33.6 Å². The van der Waals surface area contributed by atoms with Gasteiger partial charge in [-0.15, -0.1) is 0 Å². The third-order valence-electron chi connectivity index (χ3n) is 3.87. The van der Waals surface area contributed by atoms with E-state index in [1.807, 2.05) is 55.5 Å².